The lowest BCUT2D eigenvalue weighted by atomic mass is 9.99. The average molecular weight is 250 g/mol. The van der Waals surface area contributed by atoms with Crippen molar-refractivity contribution in [2.45, 2.75) is 26.3 Å². The van der Waals surface area contributed by atoms with Crippen molar-refractivity contribution in [3.63, 3.8) is 0 Å². The lowest BCUT2D eigenvalue weighted by Crippen LogP contribution is -2.58. The Morgan fingerprint density at radius 2 is 2.06 bits per heavy atom. The molecule has 6 heteroatoms. The van der Waals surface area contributed by atoms with E-state index >= 15 is 0 Å². The van der Waals surface area contributed by atoms with Crippen molar-refractivity contribution in [2.24, 2.45) is 5.84 Å². The van der Waals surface area contributed by atoms with Gasteiger partial charge in [0, 0.05) is 30.7 Å². The standard InChI is InChI=1S/C12H22N6/c1-9-10(16-13)14-8-15-11(9)18-6-5-17(4)12(2,3)7-18/h8H,5-7,13H2,1-4H3,(H,14,15,16). The molecule has 6 nitrogen and oxygen atoms in total. The molecule has 0 bridgehead atoms. The van der Waals surface area contributed by atoms with E-state index in [2.05, 4.69) is 46.1 Å². The molecule has 0 amide bonds. The Bertz CT molecular complexity index is 431. The molecule has 1 aliphatic rings. The molecule has 0 atom stereocenters. The highest BCUT2D eigenvalue weighted by atomic mass is 15.3. The molecular weight excluding hydrogens is 228 g/mol. The number of nitrogen functional groups attached to an aromatic ring is 1. The fourth-order valence-corrected chi connectivity index (χ4v) is 2.33. The molecule has 0 aromatic carbocycles. The van der Waals surface area contributed by atoms with Gasteiger partial charge in [-0.3, -0.25) is 4.90 Å². The second-order valence-electron chi connectivity index (χ2n) is 5.47. The Morgan fingerprint density at radius 1 is 1.33 bits per heavy atom. The summed E-state index contributed by atoms with van der Waals surface area (Å²) in [5.74, 6) is 7.12. The summed E-state index contributed by atoms with van der Waals surface area (Å²) in [5.41, 5.74) is 3.76. The number of hydrazine groups is 1. The van der Waals surface area contributed by atoms with Gasteiger partial charge in [-0.05, 0) is 27.8 Å². The topological polar surface area (TPSA) is 70.3 Å². The minimum Gasteiger partial charge on any atom is -0.353 e. The van der Waals surface area contributed by atoms with Gasteiger partial charge < -0.3 is 10.3 Å². The molecule has 100 valence electrons. The summed E-state index contributed by atoms with van der Waals surface area (Å²) in [6, 6.07) is 0. The molecule has 0 aliphatic carbocycles. The summed E-state index contributed by atoms with van der Waals surface area (Å²) >= 11 is 0. The molecule has 1 aliphatic heterocycles. The van der Waals surface area contributed by atoms with Crippen LogP contribution in [-0.4, -0.2) is 47.1 Å². The Labute approximate surface area is 108 Å². The third-order valence-electron chi connectivity index (χ3n) is 3.81. The number of rotatable bonds is 2. The predicted octanol–water partition coefficient (Wildman–Crippen LogP) is 0.601. The van der Waals surface area contributed by atoms with Crippen LogP contribution in [0.15, 0.2) is 6.33 Å². The zero-order valence-corrected chi connectivity index (χ0v) is 11.6. The lowest BCUT2D eigenvalue weighted by molar-refractivity contribution is 0.138. The summed E-state index contributed by atoms with van der Waals surface area (Å²) in [4.78, 5) is 13.2. The Morgan fingerprint density at radius 3 is 2.67 bits per heavy atom. The van der Waals surface area contributed by atoms with Gasteiger partial charge in [0.15, 0.2) is 0 Å². The summed E-state index contributed by atoms with van der Waals surface area (Å²) in [7, 11) is 2.16. The van der Waals surface area contributed by atoms with Gasteiger partial charge in [-0.2, -0.15) is 0 Å². The largest absolute Gasteiger partial charge is 0.353 e. The first-order valence-electron chi connectivity index (χ1n) is 6.20. The summed E-state index contributed by atoms with van der Waals surface area (Å²) < 4.78 is 0. The number of nitrogens with one attached hydrogen (secondary N) is 1. The molecule has 0 saturated carbocycles. The van der Waals surface area contributed by atoms with Crippen LogP contribution in [0.3, 0.4) is 0 Å². The van der Waals surface area contributed by atoms with Crippen LogP contribution in [0.1, 0.15) is 19.4 Å². The smallest absolute Gasteiger partial charge is 0.148 e. The molecule has 0 unspecified atom stereocenters. The predicted molar refractivity (Wildman–Crippen MR) is 73.5 cm³/mol. The van der Waals surface area contributed by atoms with Crippen molar-refractivity contribution >= 4 is 11.6 Å². The van der Waals surface area contributed by atoms with Crippen LogP contribution in [0, 0.1) is 6.92 Å². The van der Waals surface area contributed by atoms with Crippen molar-refractivity contribution in [1.82, 2.24) is 14.9 Å². The van der Waals surface area contributed by atoms with Crippen molar-refractivity contribution < 1.29 is 0 Å². The van der Waals surface area contributed by atoms with Gasteiger partial charge in [0.2, 0.25) is 0 Å². The van der Waals surface area contributed by atoms with Crippen molar-refractivity contribution in [3.8, 4) is 0 Å². The van der Waals surface area contributed by atoms with E-state index in [-0.39, 0.29) is 5.54 Å². The van der Waals surface area contributed by atoms with Gasteiger partial charge in [-0.15, -0.1) is 0 Å². The van der Waals surface area contributed by atoms with E-state index in [0.29, 0.717) is 5.82 Å². The normalized spacial score (nSPS) is 19.9. The molecule has 0 radical (unpaired) electrons. The van der Waals surface area contributed by atoms with E-state index in [1.165, 1.54) is 0 Å². The SMILES string of the molecule is Cc1c(NN)ncnc1N1CCN(C)C(C)(C)C1. The molecule has 2 rings (SSSR count). The third kappa shape index (κ3) is 2.26. The maximum Gasteiger partial charge on any atom is 0.148 e. The molecule has 2 heterocycles. The fraction of sp³-hybridized carbons (Fsp3) is 0.667. The zero-order valence-electron chi connectivity index (χ0n) is 11.6. The van der Waals surface area contributed by atoms with Crippen LogP contribution in [0.25, 0.3) is 0 Å². The van der Waals surface area contributed by atoms with E-state index < -0.39 is 0 Å². The van der Waals surface area contributed by atoms with Gasteiger partial charge in [0.05, 0.1) is 0 Å². The number of nitrogens with two attached hydrogens (primary N) is 1. The maximum atomic E-state index is 5.46. The van der Waals surface area contributed by atoms with E-state index in [1.807, 2.05) is 6.92 Å². The highest BCUT2D eigenvalue weighted by Gasteiger charge is 2.32. The maximum absolute atomic E-state index is 5.46. The fourth-order valence-electron chi connectivity index (χ4n) is 2.33. The van der Waals surface area contributed by atoms with E-state index in [0.717, 1.165) is 31.0 Å². The molecule has 1 fully saturated rings. The first-order chi connectivity index (χ1) is 8.45. The molecule has 0 spiro atoms. The Hall–Kier alpha value is -1.40. The Balaban J connectivity index is 2.28. The second-order valence-corrected chi connectivity index (χ2v) is 5.47. The minimum absolute atomic E-state index is 0.145. The summed E-state index contributed by atoms with van der Waals surface area (Å²) in [5, 5.41) is 0. The number of piperazine rings is 1. The van der Waals surface area contributed by atoms with Crippen LogP contribution in [-0.2, 0) is 0 Å². The molecule has 1 saturated heterocycles. The van der Waals surface area contributed by atoms with Gasteiger partial charge in [0.1, 0.15) is 18.0 Å². The highest BCUT2D eigenvalue weighted by molar-refractivity contribution is 5.57. The zero-order chi connectivity index (χ0) is 13.3. The van der Waals surface area contributed by atoms with E-state index in [9.17, 15) is 0 Å². The third-order valence-corrected chi connectivity index (χ3v) is 3.81. The molecule has 18 heavy (non-hydrogen) atoms. The van der Waals surface area contributed by atoms with Crippen LogP contribution in [0.5, 0.6) is 0 Å². The number of likely N-dealkylation sites (N-methyl/N-ethyl adjacent to an activating group) is 1. The highest BCUT2D eigenvalue weighted by Crippen LogP contribution is 2.27. The van der Waals surface area contributed by atoms with Crippen molar-refractivity contribution in [1.29, 1.82) is 0 Å². The van der Waals surface area contributed by atoms with E-state index in [4.69, 9.17) is 5.84 Å². The van der Waals surface area contributed by atoms with E-state index in [1.54, 1.807) is 6.33 Å². The van der Waals surface area contributed by atoms with Crippen LogP contribution < -0.4 is 16.2 Å². The molecular formula is C12H22N6. The van der Waals surface area contributed by atoms with Crippen LogP contribution in [0.2, 0.25) is 0 Å². The number of hydrogen-bond donors (Lipinski definition) is 2. The molecule has 1 aromatic rings. The van der Waals surface area contributed by atoms with Crippen molar-refractivity contribution in [3.05, 3.63) is 11.9 Å². The number of hydrogen-bond acceptors (Lipinski definition) is 6. The minimum atomic E-state index is 0.145. The summed E-state index contributed by atoms with van der Waals surface area (Å²) in [6.07, 6.45) is 1.56. The van der Waals surface area contributed by atoms with Gasteiger partial charge >= 0.3 is 0 Å². The lowest BCUT2D eigenvalue weighted by Gasteiger charge is -2.46. The average Bonchev–Trinajstić information content (AvgIpc) is 2.33. The Kier molecular flexibility index (Phi) is 3.41. The number of nitrogens with zero attached hydrogens (tertiary/aromatic N) is 4. The van der Waals surface area contributed by atoms with Gasteiger partial charge in [0.25, 0.3) is 0 Å². The second kappa shape index (κ2) is 4.70. The number of aromatic nitrogens is 2. The van der Waals surface area contributed by atoms with Gasteiger partial charge in [-0.25, -0.2) is 15.8 Å². The summed E-state index contributed by atoms with van der Waals surface area (Å²) in [6.45, 7) is 9.44. The molecule has 1 aromatic heterocycles. The van der Waals surface area contributed by atoms with Crippen molar-refractivity contribution in [2.75, 3.05) is 37.0 Å². The number of anilines is 2. The van der Waals surface area contributed by atoms with Crippen LogP contribution >= 0.6 is 0 Å². The van der Waals surface area contributed by atoms with Crippen LogP contribution in [0.4, 0.5) is 11.6 Å². The molecule has 3 N–H and O–H groups in total. The quantitative estimate of drug-likeness (QED) is 0.592. The monoisotopic (exact) mass is 250 g/mol. The first kappa shape index (κ1) is 13.0. The first-order valence-corrected chi connectivity index (χ1v) is 6.20. The van der Waals surface area contributed by atoms with Gasteiger partial charge in [-0.1, -0.05) is 0 Å².